The van der Waals surface area contributed by atoms with Gasteiger partial charge in [-0.05, 0) is 24.7 Å². The van der Waals surface area contributed by atoms with E-state index in [1.807, 2.05) is 12.1 Å². The molecule has 4 nitrogen and oxygen atoms in total. The van der Waals surface area contributed by atoms with Crippen LogP contribution in [0.2, 0.25) is 10.0 Å². The minimum absolute atomic E-state index is 0.154. The lowest BCUT2D eigenvalue weighted by Crippen LogP contribution is -2.32. The average molecular weight is 390 g/mol. The molecular formula is C20H21Cl2N3O. The Morgan fingerprint density at radius 1 is 1.23 bits per heavy atom. The summed E-state index contributed by atoms with van der Waals surface area (Å²) < 4.78 is 5.72. The molecule has 2 heterocycles. The Labute approximate surface area is 163 Å². The summed E-state index contributed by atoms with van der Waals surface area (Å²) in [5.74, 6) is 0.712. The van der Waals surface area contributed by atoms with Gasteiger partial charge in [0.1, 0.15) is 17.4 Å². The number of fused-ring (bicyclic) bond motifs is 2. The van der Waals surface area contributed by atoms with Crippen molar-refractivity contribution in [3.63, 3.8) is 0 Å². The SMILES string of the molecule is CN(CCNC1COc2c1ccc(Cl)c2Cl)Cc1c[nH]c2ccccc12. The lowest BCUT2D eigenvalue weighted by molar-refractivity contribution is 0.288. The first-order chi connectivity index (χ1) is 12.6. The highest BCUT2D eigenvalue weighted by Gasteiger charge is 2.26. The van der Waals surface area contributed by atoms with E-state index in [2.05, 4.69) is 52.7 Å². The third-order valence-corrected chi connectivity index (χ3v) is 5.64. The molecule has 0 amide bonds. The number of rotatable bonds is 6. The summed E-state index contributed by atoms with van der Waals surface area (Å²) in [5.41, 5.74) is 3.59. The van der Waals surface area contributed by atoms with Crippen molar-refractivity contribution in [1.29, 1.82) is 0 Å². The van der Waals surface area contributed by atoms with Crippen LogP contribution in [0.25, 0.3) is 10.9 Å². The minimum atomic E-state index is 0.154. The maximum atomic E-state index is 6.22. The lowest BCUT2D eigenvalue weighted by atomic mass is 10.1. The molecule has 2 N–H and O–H groups in total. The molecule has 26 heavy (non-hydrogen) atoms. The van der Waals surface area contributed by atoms with Gasteiger partial charge in [-0.15, -0.1) is 0 Å². The molecule has 2 aromatic carbocycles. The van der Waals surface area contributed by atoms with Crippen molar-refractivity contribution in [2.45, 2.75) is 12.6 Å². The molecular weight excluding hydrogens is 369 g/mol. The second kappa shape index (κ2) is 7.49. The fourth-order valence-corrected chi connectivity index (χ4v) is 3.83. The number of hydrogen-bond donors (Lipinski definition) is 2. The van der Waals surface area contributed by atoms with Crippen LogP contribution < -0.4 is 10.1 Å². The van der Waals surface area contributed by atoms with E-state index in [0.29, 0.717) is 22.4 Å². The summed E-state index contributed by atoms with van der Waals surface area (Å²) in [6.07, 6.45) is 2.10. The van der Waals surface area contributed by atoms with Crippen molar-refractivity contribution < 1.29 is 4.74 Å². The van der Waals surface area contributed by atoms with Gasteiger partial charge < -0.3 is 19.9 Å². The number of nitrogens with one attached hydrogen (secondary N) is 2. The van der Waals surface area contributed by atoms with Crippen LogP contribution in [0.1, 0.15) is 17.2 Å². The fraction of sp³-hybridized carbons (Fsp3) is 0.300. The maximum absolute atomic E-state index is 6.22. The van der Waals surface area contributed by atoms with Gasteiger partial charge in [0.25, 0.3) is 0 Å². The second-order valence-corrected chi connectivity index (χ2v) is 7.48. The predicted octanol–water partition coefficient (Wildman–Crippen LogP) is 4.63. The number of H-pyrrole nitrogens is 1. The first-order valence-corrected chi connectivity index (χ1v) is 9.46. The highest BCUT2D eigenvalue weighted by atomic mass is 35.5. The Hall–Kier alpha value is -1.72. The topological polar surface area (TPSA) is 40.3 Å². The van der Waals surface area contributed by atoms with Gasteiger partial charge in [-0.2, -0.15) is 0 Å². The standard InChI is InChI=1S/C20H21Cl2N3O/c1-25(11-13-10-24-17-5-3-2-4-14(13)17)9-8-23-18-12-26-20-15(18)6-7-16(21)19(20)22/h2-7,10,18,23-24H,8-9,11-12H2,1H3. The zero-order chi connectivity index (χ0) is 18.1. The van der Waals surface area contributed by atoms with E-state index in [0.717, 1.165) is 25.2 Å². The van der Waals surface area contributed by atoms with E-state index >= 15 is 0 Å². The largest absolute Gasteiger partial charge is 0.490 e. The van der Waals surface area contributed by atoms with Crippen LogP contribution in [0.5, 0.6) is 5.75 Å². The quantitative estimate of drug-likeness (QED) is 0.645. The van der Waals surface area contributed by atoms with E-state index in [1.165, 1.54) is 16.5 Å². The van der Waals surface area contributed by atoms with Gasteiger partial charge in [-0.1, -0.05) is 47.5 Å². The third kappa shape index (κ3) is 3.42. The Morgan fingerprint density at radius 3 is 2.96 bits per heavy atom. The predicted molar refractivity (Wildman–Crippen MR) is 107 cm³/mol. The van der Waals surface area contributed by atoms with Crippen molar-refractivity contribution in [3.05, 3.63) is 63.8 Å². The number of aromatic amines is 1. The van der Waals surface area contributed by atoms with Crippen LogP contribution in [0.4, 0.5) is 0 Å². The Morgan fingerprint density at radius 2 is 2.08 bits per heavy atom. The highest BCUT2D eigenvalue weighted by molar-refractivity contribution is 6.43. The smallest absolute Gasteiger partial charge is 0.144 e. The summed E-state index contributed by atoms with van der Waals surface area (Å²) in [7, 11) is 2.14. The van der Waals surface area contributed by atoms with E-state index in [1.54, 1.807) is 0 Å². The van der Waals surface area contributed by atoms with Crippen molar-refractivity contribution in [3.8, 4) is 5.75 Å². The van der Waals surface area contributed by atoms with Gasteiger partial charge >= 0.3 is 0 Å². The number of likely N-dealkylation sites (N-methyl/N-ethyl adjacent to an activating group) is 1. The van der Waals surface area contributed by atoms with E-state index < -0.39 is 0 Å². The number of nitrogens with zero attached hydrogens (tertiary/aromatic N) is 1. The number of hydrogen-bond acceptors (Lipinski definition) is 3. The van der Waals surface area contributed by atoms with Crippen LogP contribution >= 0.6 is 23.2 Å². The lowest BCUT2D eigenvalue weighted by Gasteiger charge is -2.18. The summed E-state index contributed by atoms with van der Waals surface area (Å²) in [6.45, 7) is 3.30. The van der Waals surface area contributed by atoms with E-state index in [-0.39, 0.29) is 6.04 Å². The molecule has 1 aliphatic heterocycles. The van der Waals surface area contributed by atoms with Crippen LogP contribution in [0.15, 0.2) is 42.6 Å². The fourth-order valence-electron chi connectivity index (χ4n) is 3.46. The first-order valence-electron chi connectivity index (χ1n) is 8.71. The van der Waals surface area contributed by atoms with Crippen molar-refractivity contribution in [2.75, 3.05) is 26.7 Å². The molecule has 1 aliphatic rings. The molecule has 0 radical (unpaired) electrons. The monoisotopic (exact) mass is 389 g/mol. The van der Waals surface area contributed by atoms with Crippen LogP contribution in [-0.2, 0) is 6.54 Å². The first kappa shape index (κ1) is 17.7. The summed E-state index contributed by atoms with van der Waals surface area (Å²) >= 11 is 12.3. The third-order valence-electron chi connectivity index (χ3n) is 4.85. The molecule has 0 bridgehead atoms. The summed E-state index contributed by atoms with van der Waals surface area (Å²) in [6, 6.07) is 12.4. The summed E-state index contributed by atoms with van der Waals surface area (Å²) in [4.78, 5) is 5.65. The van der Waals surface area contributed by atoms with Crippen molar-refractivity contribution in [2.24, 2.45) is 0 Å². The van der Waals surface area contributed by atoms with Crippen molar-refractivity contribution in [1.82, 2.24) is 15.2 Å². The number of halogens is 2. The van der Waals surface area contributed by atoms with Gasteiger partial charge in [-0.3, -0.25) is 0 Å². The van der Waals surface area contributed by atoms with E-state index in [4.69, 9.17) is 27.9 Å². The van der Waals surface area contributed by atoms with Gasteiger partial charge in [0, 0.05) is 42.3 Å². The highest BCUT2D eigenvalue weighted by Crippen LogP contribution is 2.41. The molecule has 0 saturated heterocycles. The van der Waals surface area contributed by atoms with Crippen LogP contribution in [0.3, 0.4) is 0 Å². The zero-order valence-corrected chi connectivity index (χ0v) is 16.1. The molecule has 6 heteroatoms. The average Bonchev–Trinajstić information content (AvgIpc) is 3.23. The van der Waals surface area contributed by atoms with Crippen LogP contribution in [-0.4, -0.2) is 36.6 Å². The normalized spacial score (nSPS) is 16.2. The zero-order valence-electron chi connectivity index (χ0n) is 14.6. The van der Waals surface area contributed by atoms with Gasteiger partial charge in [0.15, 0.2) is 0 Å². The molecule has 0 aliphatic carbocycles. The molecule has 3 aromatic rings. The molecule has 0 saturated carbocycles. The maximum Gasteiger partial charge on any atom is 0.144 e. The number of aromatic nitrogens is 1. The van der Waals surface area contributed by atoms with Gasteiger partial charge in [0.05, 0.1) is 11.1 Å². The van der Waals surface area contributed by atoms with E-state index in [9.17, 15) is 0 Å². The van der Waals surface area contributed by atoms with Crippen LogP contribution in [0, 0.1) is 0 Å². The number of para-hydroxylation sites is 1. The molecule has 4 rings (SSSR count). The molecule has 136 valence electrons. The summed E-state index contributed by atoms with van der Waals surface area (Å²) in [5, 5.41) is 5.88. The Balaban J connectivity index is 1.32. The molecule has 1 aromatic heterocycles. The molecule has 1 atom stereocenters. The second-order valence-electron chi connectivity index (χ2n) is 6.69. The Bertz CT molecular complexity index is 925. The van der Waals surface area contributed by atoms with Gasteiger partial charge in [-0.25, -0.2) is 0 Å². The van der Waals surface area contributed by atoms with Gasteiger partial charge in [0.2, 0.25) is 0 Å². The number of ether oxygens (including phenoxy) is 1. The minimum Gasteiger partial charge on any atom is -0.490 e. The Kier molecular flexibility index (Phi) is 5.09. The van der Waals surface area contributed by atoms with Crippen molar-refractivity contribution >= 4 is 34.1 Å². The molecule has 0 spiro atoms. The molecule has 1 unspecified atom stereocenters. The molecule has 0 fully saturated rings. The number of benzene rings is 2.